The lowest BCUT2D eigenvalue weighted by Gasteiger charge is -2.44. The molecule has 1 aliphatic carbocycles. The minimum atomic E-state index is -0.262. The molecule has 2 nitrogen and oxygen atoms in total. The van der Waals surface area contributed by atoms with Crippen molar-refractivity contribution < 1.29 is 0 Å². The molecule has 0 fully saturated rings. The van der Waals surface area contributed by atoms with Crippen LogP contribution in [0.3, 0.4) is 0 Å². The van der Waals surface area contributed by atoms with E-state index in [1.165, 1.54) is 77.8 Å². The lowest BCUT2D eigenvalue weighted by Crippen LogP contribution is -2.31. The fourth-order valence-corrected chi connectivity index (χ4v) is 10.1. The van der Waals surface area contributed by atoms with E-state index in [1.54, 1.807) is 0 Å². The number of anilines is 6. The molecular formula is C58H46N2. The van der Waals surface area contributed by atoms with Gasteiger partial charge in [0.2, 0.25) is 0 Å². The second-order valence-electron chi connectivity index (χ2n) is 17.4. The Kier molecular flexibility index (Phi) is 8.22. The smallest absolute Gasteiger partial charge is 0.0781 e. The molecule has 1 heterocycles. The van der Waals surface area contributed by atoms with Gasteiger partial charge in [0.25, 0.3) is 0 Å². The molecule has 2 heteroatoms. The molecule has 1 aliphatic heterocycles. The fraction of sp³-hybridized carbons (Fsp3) is 0.103. The summed E-state index contributed by atoms with van der Waals surface area (Å²) in [7, 11) is 0. The van der Waals surface area contributed by atoms with Crippen LogP contribution in [0.1, 0.15) is 49.9 Å². The average Bonchev–Trinajstić information content (AvgIpc) is 3.53. The third kappa shape index (κ3) is 5.55. The van der Waals surface area contributed by atoms with Crippen LogP contribution in [0.25, 0.3) is 44.2 Å². The number of benzene rings is 9. The quantitative estimate of drug-likeness (QED) is 0.166. The maximum Gasteiger partial charge on any atom is 0.0781 e. The number of hydrogen-bond acceptors (Lipinski definition) is 2. The van der Waals surface area contributed by atoms with Crippen molar-refractivity contribution in [2.75, 3.05) is 9.80 Å². The van der Waals surface area contributed by atoms with Gasteiger partial charge in [-0.25, -0.2) is 0 Å². The van der Waals surface area contributed by atoms with Crippen LogP contribution in [0, 0.1) is 0 Å². The molecule has 0 amide bonds. The van der Waals surface area contributed by atoms with Gasteiger partial charge in [0.05, 0.1) is 22.7 Å². The Hall–Kier alpha value is -7.16. The maximum atomic E-state index is 2.55. The average molecular weight is 771 g/mol. The Balaban J connectivity index is 1.13. The normalized spacial score (nSPS) is 14.2. The highest BCUT2D eigenvalue weighted by atomic mass is 15.2. The second-order valence-corrected chi connectivity index (χ2v) is 17.4. The lowest BCUT2D eigenvalue weighted by atomic mass is 9.72. The molecule has 0 aromatic heterocycles. The Morgan fingerprint density at radius 2 is 0.900 bits per heavy atom. The van der Waals surface area contributed by atoms with E-state index in [1.807, 2.05) is 0 Å². The first-order valence-electron chi connectivity index (χ1n) is 21.1. The van der Waals surface area contributed by atoms with Crippen molar-refractivity contribution in [1.82, 2.24) is 0 Å². The summed E-state index contributed by atoms with van der Waals surface area (Å²) in [5.41, 5.74) is 19.5. The number of nitrogens with zero attached hydrogens (tertiary/aromatic N) is 2. The van der Waals surface area contributed by atoms with Gasteiger partial charge in [0.1, 0.15) is 0 Å². The second kappa shape index (κ2) is 13.7. The molecule has 0 saturated heterocycles. The first-order valence-corrected chi connectivity index (χ1v) is 21.1. The van der Waals surface area contributed by atoms with Crippen molar-refractivity contribution in [2.24, 2.45) is 0 Å². The van der Waals surface area contributed by atoms with E-state index in [2.05, 4.69) is 244 Å². The van der Waals surface area contributed by atoms with Crippen molar-refractivity contribution in [3.8, 4) is 33.4 Å². The topological polar surface area (TPSA) is 6.48 Å². The van der Waals surface area contributed by atoms with Crippen molar-refractivity contribution in [1.29, 1.82) is 0 Å². The highest BCUT2D eigenvalue weighted by Crippen LogP contribution is 2.57. The van der Waals surface area contributed by atoms with Gasteiger partial charge in [-0.2, -0.15) is 0 Å². The summed E-state index contributed by atoms with van der Waals surface area (Å²) in [6.07, 6.45) is 0. The number of para-hydroxylation sites is 2. The monoisotopic (exact) mass is 770 g/mol. The minimum absolute atomic E-state index is 0.0670. The van der Waals surface area contributed by atoms with Gasteiger partial charge in [-0.15, -0.1) is 0 Å². The lowest BCUT2D eigenvalue weighted by molar-refractivity contribution is 0.632. The predicted octanol–water partition coefficient (Wildman–Crippen LogP) is 16.1. The molecule has 0 saturated carbocycles. The molecule has 0 atom stereocenters. The number of fused-ring (bicyclic) bond motifs is 6. The van der Waals surface area contributed by atoms with Crippen LogP contribution in [-0.4, -0.2) is 0 Å². The molecule has 60 heavy (non-hydrogen) atoms. The minimum Gasteiger partial charge on any atom is -0.308 e. The summed E-state index contributed by atoms with van der Waals surface area (Å²) in [5.74, 6) is 0. The van der Waals surface area contributed by atoms with Gasteiger partial charge < -0.3 is 9.80 Å². The van der Waals surface area contributed by atoms with Gasteiger partial charge in [-0.3, -0.25) is 0 Å². The van der Waals surface area contributed by atoms with Crippen LogP contribution in [-0.2, 0) is 10.8 Å². The van der Waals surface area contributed by atoms with Crippen molar-refractivity contribution in [3.05, 3.63) is 229 Å². The molecule has 2 aliphatic rings. The molecule has 0 bridgehead atoms. The van der Waals surface area contributed by atoms with E-state index in [4.69, 9.17) is 0 Å². The summed E-state index contributed by atoms with van der Waals surface area (Å²) < 4.78 is 0. The van der Waals surface area contributed by atoms with E-state index in [0.717, 1.165) is 22.7 Å². The standard InChI is InChI=1S/C58H46N2/c1-57(2)49-24-14-13-23-47(49)48-34-29-42(37-51(48)57)43-31-35-54-52(38-43)58(3,4)50-25-15-16-26-53(50)60(54)56-46-22-12-11-19-41(46)30-36-55(56)59(44-20-9-6-10-21-44)45-32-27-40(28-33-45)39-17-7-5-8-18-39/h5-38H,1-4H3. The van der Waals surface area contributed by atoms with Crippen molar-refractivity contribution in [2.45, 2.75) is 38.5 Å². The van der Waals surface area contributed by atoms with Gasteiger partial charge in [0, 0.05) is 27.6 Å². The zero-order chi connectivity index (χ0) is 40.6. The number of rotatable bonds is 6. The summed E-state index contributed by atoms with van der Waals surface area (Å²) in [5, 5.41) is 2.40. The van der Waals surface area contributed by atoms with E-state index in [9.17, 15) is 0 Å². The highest BCUT2D eigenvalue weighted by molar-refractivity contribution is 6.08. The Morgan fingerprint density at radius 1 is 0.367 bits per heavy atom. The Labute approximate surface area is 353 Å². The van der Waals surface area contributed by atoms with Crippen molar-refractivity contribution in [3.63, 3.8) is 0 Å². The molecule has 11 rings (SSSR count). The van der Waals surface area contributed by atoms with Gasteiger partial charge in [-0.1, -0.05) is 179 Å². The van der Waals surface area contributed by atoms with Gasteiger partial charge in [0.15, 0.2) is 0 Å². The molecule has 9 aromatic carbocycles. The summed E-state index contributed by atoms with van der Waals surface area (Å²) in [6, 6.07) is 76.1. The SMILES string of the molecule is CC1(C)c2ccccc2-c2ccc(-c3ccc4c(c3)C(C)(C)c3ccccc3N4c3c(N(c4ccccc4)c4ccc(-c5ccccc5)cc4)ccc4ccccc34)cc21. The zero-order valence-electron chi connectivity index (χ0n) is 34.5. The Morgan fingerprint density at radius 3 is 1.68 bits per heavy atom. The third-order valence-electron chi connectivity index (χ3n) is 13.2. The predicted molar refractivity (Wildman–Crippen MR) is 254 cm³/mol. The van der Waals surface area contributed by atoms with Crippen LogP contribution in [0.2, 0.25) is 0 Å². The van der Waals surface area contributed by atoms with Crippen LogP contribution in [0.5, 0.6) is 0 Å². The highest BCUT2D eigenvalue weighted by Gasteiger charge is 2.39. The molecule has 0 N–H and O–H groups in total. The van der Waals surface area contributed by atoms with E-state index in [0.29, 0.717) is 0 Å². The first-order chi connectivity index (χ1) is 29.3. The summed E-state index contributed by atoms with van der Waals surface area (Å²) in [6.45, 7) is 9.51. The first kappa shape index (κ1) is 36.0. The van der Waals surface area contributed by atoms with E-state index >= 15 is 0 Å². The molecule has 0 radical (unpaired) electrons. The molecule has 288 valence electrons. The summed E-state index contributed by atoms with van der Waals surface area (Å²) >= 11 is 0. The summed E-state index contributed by atoms with van der Waals surface area (Å²) in [4.78, 5) is 4.98. The fourth-order valence-electron chi connectivity index (χ4n) is 10.1. The van der Waals surface area contributed by atoms with Crippen molar-refractivity contribution >= 4 is 44.9 Å². The molecule has 0 unspecified atom stereocenters. The molecule has 0 spiro atoms. The zero-order valence-corrected chi connectivity index (χ0v) is 34.5. The molecular weight excluding hydrogens is 725 g/mol. The van der Waals surface area contributed by atoms with E-state index in [-0.39, 0.29) is 10.8 Å². The van der Waals surface area contributed by atoms with E-state index < -0.39 is 0 Å². The van der Waals surface area contributed by atoms with Gasteiger partial charge in [-0.05, 0) is 116 Å². The maximum absolute atomic E-state index is 2.55. The van der Waals surface area contributed by atoms with Gasteiger partial charge >= 0.3 is 0 Å². The third-order valence-corrected chi connectivity index (χ3v) is 13.2. The van der Waals surface area contributed by atoms with Crippen LogP contribution in [0.4, 0.5) is 34.1 Å². The molecule has 9 aromatic rings. The van der Waals surface area contributed by atoms with Crippen LogP contribution in [0.15, 0.2) is 206 Å². The Bertz CT molecular complexity index is 3090. The van der Waals surface area contributed by atoms with Crippen LogP contribution >= 0.6 is 0 Å². The largest absolute Gasteiger partial charge is 0.308 e. The number of hydrogen-bond donors (Lipinski definition) is 0. The van der Waals surface area contributed by atoms with Crippen LogP contribution < -0.4 is 9.80 Å².